The molecule has 4 rings (SSSR count). The SMILES string of the molecule is CC1(COC(=O)N2CCC(=N)[C@H](n3cc(C(N)=O)c(Nc4ccc(F)cc4)n3)C2)COC1. The van der Waals surface area contributed by atoms with Crippen molar-refractivity contribution in [2.75, 3.05) is 38.2 Å². The second kappa shape index (κ2) is 8.58. The molecule has 0 aliphatic carbocycles. The number of nitrogens with zero attached hydrogens (tertiary/aromatic N) is 3. The normalized spacial score (nSPS) is 19.9. The number of carbonyl (C=O) groups is 2. The summed E-state index contributed by atoms with van der Waals surface area (Å²) >= 11 is 0. The lowest BCUT2D eigenvalue weighted by Crippen LogP contribution is -2.48. The summed E-state index contributed by atoms with van der Waals surface area (Å²) in [5.41, 5.74) is 6.37. The van der Waals surface area contributed by atoms with Crippen LogP contribution in [0.3, 0.4) is 0 Å². The van der Waals surface area contributed by atoms with E-state index >= 15 is 0 Å². The van der Waals surface area contributed by atoms with Crippen molar-refractivity contribution in [1.82, 2.24) is 14.7 Å². The molecule has 0 radical (unpaired) electrons. The largest absolute Gasteiger partial charge is 0.449 e. The lowest BCUT2D eigenvalue weighted by Gasteiger charge is -2.38. The third-order valence-corrected chi connectivity index (χ3v) is 5.57. The van der Waals surface area contributed by atoms with Crippen LogP contribution in [0.25, 0.3) is 0 Å². The van der Waals surface area contributed by atoms with E-state index in [2.05, 4.69) is 10.4 Å². The molecule has 2 fully saturated rings. The summed E-state index contributed by atoms with van der Waals surface area (Å²) in [4.78, 5) is 26.0. The highest BCUT2D eigenvalue weighted by atomic mass is 19.1. The number of benzene rings is 1. The van der Waals surface area contributed by atoms with Crippen LogP contribution in [0.4, 0.5) is 20.7 Å². The van der Waals surface area contributed by atoms with E-state index in [0.29, 0.717) is 37.6 Å². The van der Waals surface area contributed by atoms with Gasteiger partial charge in [0, 0.05) is 36.0 Å². The van der Waals surface area contributed by atoms with Crippen LogP contribution in [0.1, 0.15) is 29.7 Å². The molecule has 2 aromatic rings. The number of piperidine rings is 1. The zero-order valence-electron chi connectivity index (χ0n) is 17.6. The summed E-state index contributed by atoms with van der Waals surface area (Å²) in [6, 6.07) is 5.00. The van der Waals surface area contributed by atoms with Gasteiger partial charge in [-0.15, -0.1) is 0 Å². The molecular weight excluding hydrogens is 419 g/mol. The Balaban J connectivity index is 1.49. The van der Waals surface area contributed by atoms with E-state index in [1.165, 1.54) is 40.0 Å². The maximum absolute atomic E-state index is 13.2. The lowest BCUT2D eigenvalue weighted by molar-refractivity contribution is -0.128. The van der Waals surface area contributed by atoms with Crippen molar-refractivity contribution < 1.29 is 23.5 Å². The number of ether oxygens (including phenoxy) is 2. The fourth-order valence-electron chi connectivity index (χ4n) is 3.60. The molecule has 1 aromatic heterocycles. The third-order valence-electron chi connectivity index (χ3n) is 5.57. The molecule has 10 nitrogen and oxygen atoms in total. The van der Waals surface area contributed by atoms with Gasteiger partial charge in [-0.25, -0.2) is 9.18 Å². The summed E-state index contributed by atoms with van der Waals surface area (Å²) in [5.74, 6) is -0.900. The molecule has 2 saturated heterocycles. The second-order valence-electron chi connectivity index (χ2n) is 8.46. The zero-order valence-corrected chi connectivity index (χ0v) is 17.6. The Morgan fingerprint density at radius 2 is 2.09 bits per heavy atom. The first kappa shape index (κ1) is 21.8. The van der Waals surface area contributed by atoms with E-state index < -0.39 is 23.9 Å². The van der Waals surface area contributed by atoms with E-state index in [1.54, 1.807) is 0 Å². The zero-order chi connectivity index (χ0) is 22.9. The van der Waals surface area contributed by atoms with Crippen molar-refractivity contribution in [2.24, 2.45) is 11.1 Å². The Morgan fingerprint density at radius 3 is 2.72 bits per heavy atom. The standard InChI is InChI=1S/C21H25FN6O4/c1-21(10-31-11-21)12-32-20(30)27-7-6-16(23)17(9-27)28-8-15(18(24)29)19(26-28)25-14-4-2-13(22)3-5-14/h2-5,8,17,23H,6-7,9-12H2,1H3,(H2,24,29)(H,25,26)/t17-/m1/s1. The average Bonchev–Trinajstić information content (AvgIpc) is 3.16. The molecule has 4 N–H and O–H groups in total. The maximum Gasteiger partial charge on any atom is 0.409 e. The summed E-state index contributed by atoms with van der Waals surface area (Å²) in [6.45, 7) is 3.92. The van der Waals surface area contributed by atoms with Gasteiger partial charge in [-0.05, 0) is 24.3 Å². The Bertz CT molecular complexity index is 1030. The monoisotopic (exact) mass is 444 g/mol. The number of likely N-dealkylation sites (tertiary alicyclic amines) is 1. The summed E-state index contributed by atoms with van der Waals surface area (Å²) in [7, 11) is 0. The maximum atomic E-state index is 13.2. The van der Waals surface area contributed by atoms with Gasteiger partial charge >= 0.3 is 6.09 Å². The van der Waals surface area contributed by atoms with Gasteiger partial charge in [-0.2, -0.15) is 5.10 Å². The first-order valence-corrected chi connectivity index (χ1v) is 10.2. The molecule has 0 bridgehead atoms. The highest BCUT2D eigenvalue weighted by Crippen LogP contribution is 2.28. The van der Waals surface area contributed by atoms with Crippen molar-refractivity contribution in [3.8, 4) is 0 Å². The summed E-state index contributed by atoms with van der Waals surface area (Å²) in [5, 5.41) is 15.7. The quantitative estimate of drug-likeness (QED) is 0.626. The van der Waals surface area contributed by atoms with Crippen LogP contribution in [-0.2, 0) is 9.47 Å². The van der Waals surface area contributed by atoms with Crippen LogP contribution in [0, 0.1) is 16.6 Å². The minimum Gasteiger partial charge on any atom is -0.449 e. The minimum atomic E-state index is -0.699. The Morgan fingerprint density at radius 1 is 1.38 bits per heavy atom. The number of nitrogens with two attached hydrogens (primary N) is 1. The Kier molecular flexibility index (Phi) is 5.83. The smallest absolute Gasteiger partial charge is 0.409 e. The van der Waals surface area contributed by atoms with Crippen molar-refractivity contribution in [3.63, 3.8) is 0 Å². The van der Waals surface area contributed by atoms with Gasteiger partial charge in [0.25, 0.3) is 5.91 Å². The van der Waals surface area contributed by atoms with Crippen molar-refractivity contribution in [1.29, 1.82) is 5.41 Å². The number of nitrogens with one attached hydrogen (secondary N) is 2. The van der Waals surface area contributed by atoms with E-state index in [4.69, 9.17) is 20.6 Å². The third kappa shape index (κ3) is 4.57. The highest BCUT2D eigenvalue weighted by molar-refractivity contribution is 5.98. The molecule has 2 amide bonds. The van der Waals surface area contributed by atoms with Crippen LogP contribution in [0.5, 0.6) is 0 Å². The highest BCUT2D eigenvalue weighted by Gasteiger charge is 2.37. The first-order valence-electron chi connectivity index (χ1n) is 10.2. The van der Waals surface area contributed by atoms with Crippen LogP contribution < -0.4 is 11.1 Å². The molecule has 0 spiro atoms. The number of amides is 2. The Hall–Kier alpha value is -3.47. The molecule has 2 aliphatic heterocycles. The second-order valence-corrected chi connectivity index (χ2v) is 8.46. The summed E-state index contributed by atoms with van der Waals surface area (Å²) < 4.78 is 25.3. The average molecular weight is 444 g/mol. The molecule has 3 heterocycles. The molecule has 32 heavy (non-hydrogen) atoms. The number of aromatic nitrogens is 2. The van der Waals surface area contributed by atoms with Gasteiger partial charge in [0.15, 0.2) is 5.82 Å². The van der Waals surface area contributed by atoms with E-state index in [-0.39, 0.29) is 29.9 Å². The number of rotatable bonds is 6. The number of carbonyl (C=O) groups excluding carboxylic acids is 2. The molecule has 0 saturated carbocycles. The molecule has 11 heteroatoms. The molecule has 2 aliphatic rings. The van der Waals surface area contributed by atoms with Crippen LogP contribution in [0.15, 0.2) is 30.5 Å². The predicted octanol–water partition coefficient (Wildman–Crippen LogP) is 2.30. The fraction of sp³-hybridized carbons (Fsp3) is 0.429. The van der Waals surface area contributed by atoms with Crippen molar-refractivity contribution in [2.45, 2.75) is 19.4 Å². The number of anilines is 2. The lowest BCUT2D eigenvalue weighted by atomic mass is 9.90. The van der Waals surface area contributed by atoms with Gasteiger partial charge in [0.1, 0.15) is 24.0 Å². The topological polar surface area (TPSA) is 136 Å². The van der Waals surface area contributed by atoms with Crippen LogP contribution >= 0.6 is 0 Å². The minimum absolute atomic E-state index is 0.125. The molecule has 1 aromatic carbocycles. The number of hydrogen-bond acceptors (Lipinski definition) is 7. The molecule has 170 valence electrons. The van der Waals surface area contributed by atoms with Crippen LogP contribution in [0.2, 0.25) is 0 Å². The van der Waals surface area contributed by atoms with Crippen LogP contribution in [-0.4, -0.2) is 65.3 Å². The fourth-order valence-corrected chi connectivity index (χ4v) is 3.60. The van der Waals surface area contributed by atoms with Crippen molar-refractivity contribution in [3.05, 3.63) is 41.8 Å². The van der Waals surface area contributed by atoms with E-state index in [1.807, 2.05) is 6.92 Å². The van der Waals surface area contributed by atoms with E-state index in [9.17, 15) is 14.0 Å². The number of primary amides is 1. The number of hydrogen-bond donors (Lipinski definition) is 3. The van der Waals surface area contributed by atoms with Gasteiger partial charge in [0.2, 0.25) is 0 Å². The summed E-state index contributed by atoms with van der Waals surface area (Å²) in [6.07, 6.45) is 1.35. The molecular formula is C21H25FN6O4. The van der Waals surface area contributed by atoms with Gasteiger partial charge in [0.05, 0.1) is 19.8 Å². The van der Waals surface area contributed by atoms with Gasteiger partial charge < -0.3 is 30.8 Å². The van der Waals surface area contributed by atoms with E-state index in [0.717, 1.165) is 0 Å². The first-order chi connectivity index (χ1) is 15.2. The predicted molar refractivity (Wildman–Crippen MR) is 114 cm³/mol. The molecule has 0 unspecified atom stereocenters. The number of halogens is 1. The van der Waals surface area contributed by atoms with Gasteiger partial charge in [-0.3, -0.25) is 9.48 Å². The van der Waals surface area contributed by atoms with Gasteiger partial charge in [-0.1, -0.05) is 6.92 Å². The van der Waals surface area contributed by atoms with Crippen molar-refractivity contribution >= 4 is 29.2 Å². The molecule has 1 atom stereocenters. The Labute approximate surface area is 184 Å².